The second kappa shape index (κ2) is 5.93. The Morgan fingerprint density at radius 2 is 1.83 bits per heavy atom. The van der Waals surface area contributed by atoms with Gasteiger partial charge in [-0.2, -0.15) is 5.26 Å². The van der Waals surface area contributed by atoms with E-state index in [1.807, 2.05) is 6.07 Å². The third-order valence-electron chi connectivity index (χ3n) is 1.06. The van der Waals surface area contributed by atoms with Crippen LogP contribution in [-0.4, -0.2) is 5.91 Å². The van der Waals surface area contributed by atoms with E-state index < -0.39 is 0 Å². The van der Waals surface area contributed by atoms with E-state index in [9.17, 15) is 4.79 Å². The van der Waals surface area contributed by atoms with Crippen molar-refractivity contribution in [2.45, 2.75) is 6.92 Å². The van der Waals surface area contributed by atoms with Crippen molar-refractivity contribution < 1.29 is 4.79 Å². The Kier molecular flexibility index (Phi) is 5.03. The topological polar surface area (TPSA) is 66.9 Å². The lowest BCUT2D eigenvalue weighted by Crippen LogP contribution is -2.09. The lowest BCUT2D eigenvalue weighted by Gasteiger charge is -1.89. The smallest absolute Gasteiger partial charge is 0.248 e. The number of nitrogens with two attached hydrogens (primary N) is 1. The number of amides is 1. The van der Waals surface area contributed by atoms with Gasteiger partial charge in [0.2, 0.25) is 5.91 Å². The van der Waals surface area contributed by atoms with Crippen LogP contribution in [0.5, 0.6) is 0 Å². The fourth-order valence-electron chi connectivity index (χ4n) is 0.602. The second-order valence-corrected chi connectivity index (χ2v) is 1.95. The number of carbonyl (C=O) groups is 1. The Hall–Kier alpha value is -1.82. The second-order valence-electron chi connectivity index (χ2n) is 1.95. The van der Waals surface area contributed by atoms with Gasteiger partial charge >= 0.3 is 0 Å². The molecule has 0 aromatic heterocycles. The molecule has 0 unspecified atom stereocenters. The number of rotatable bonds is 1. The van der Waals surface area contributed by atoms with Crippen LogP contribution < -0.4 is 5.73 Å². The predicted molar refractivity (Wildman–Crippen MR) is 46.2 cm³/mol. The van der Waals surface area contributed by atoms with Gasteiger partial charge < -0.3 is 5.73 Å². The van der Waals surface area contributed by atoms with E-state index in [0.29, 0.717) is 5.56 Å². The largest absolute Gasteiger partial charge is 0.366 e. The molecule has 1 aromatic carbocycles. The van der Waals surface area contributed by atoms with Gasteiger partial charge in [0.05, 0.1) is 6.07 Å². The van der Waals surface area contributed by atoms with E-state index in [2.05, 4.69) is 0 Å². The van der Waals surface area contributed by atoms with Crippen molar-refractivity contribution in [3.05, 3.63) is 35.9 Å². The van der Waals surface area contributed by atoms with E-state index in [1.54, 1.807) is 30.3 Å². The molecule has 0 radical (unpaired) electrons. The van der Waals surface area contributed by atoms with Crippen LogP contribution in [0.2, 0.25) is 0 Å². The van der Waals surface area contributed by atoms with Gasteiger partial charge in [0, 0.05) is 12.5 Å². The molecule has 0 bridgehead atoms. The van der Waals surface area contributed by atoms with E-state index in [1.165, 1.54) is 6.92 Å². The van der Waals surface area contributed by atoms with Crippen molar-refractivity contribution in [2.24, 2.45) is 5.73 Å². The molecule has 0 fully saturated rings. The number of nitrogens with zero attached hydrogens (tertiary/aromatic N) is 1. The summed E-state index contributed by atoms with van der Waals surface area (Å²) in [4.78, 5) is 10.4. The Morgan fingerprint density at radius 3 is 2.08 bits per heavy atom. The first-order valence-corrected chi connectivity index (χ1v) is 3.38. The van der Waals surface area contributed by atoms with E-state index in [4.69, 9.17) is 11.0 Å². The molecule has 62 valence electrons. The number of hydrogen-bond acceptors (Lipinski definition) is 2. The molecule has 0 spiro atoms. The zero-order chi connectivity index (χ0) is 9.40. The quantitative estimate of drug-likeness (QED) is 0.676. The molecule has 2 N–H and O–H groups in total. The van der Waals surface area contributed by atoms with Crippen LogP contribution in [0, 0.1) is 11.3 Å². The Labute approximate surface area is 71.4 Å². The lowest BCUT2D eigenvalue weighted by atomic mass is 10.2. The third-order valence-corrected chi connectivity index (χ3v) is 1.06. The monoisotopic (exact) mass is 162 g/mol. The maximum absolute atomic E-state index is 10.4. The van der Waals surface area contributed by atoms with Crippen molar-refractivity contribution >= 4 is 5.91 Å². The van der Waals surface area contributed by atoms with Crippen molar-refractivity contribution in [1.82, 2.24) is 0 Å². The molecule has 3 nitrogen and oxygen atoms in total. The maximum Gasteiger partial charge on any atom is 0.248 e. The summed E-state index contributed by atoms with van der Waals surface area (Å²) in [6, 6.07) is 10.5. The number of primary amides is 1. The molecule has 0 saturated carbocycles. The highest BCUT2D eigenvalue weighted by atomic mass is 16.1. The van der Waals surface area contributed by atoms with Crippen LogP contribution in [0.25, 0.3) is 0 Å². The van der Waals surface area contributed by atoms with E-state index in [-0.39, 0.29) is 5.91 Å². The molecule has 0 heterocycles. The number of benzene rings is 1. The van der Waals surface area contributed by atoms with Crippen molar-refractivity contribution in [3.63, 3.8) is 0 Å². The Bertz CT molecular complexity index is 274. The van der Waals surface area contributed by atoms with Crippen LogP contribution in [0.1, 0.15) is 17.3 Å². The molecular weight excluding hydrogens is 152 g/mol. The van der Waals surface area contributed by atoms with Crippen LogP contribution in [0.15, 0.2) is 30.3 Å². The zero-order valence-corrected chi connectivity index (χ0v) is 6.82. The summed E-state index contributed by atoms with van der Waals surface area (Å²) in [7, 11) is 0. The van der Waals surface area contributed by atoms with Gasteiger partial charge in [-0.15, -0.1) is 0 Å². The third kappa shape index (κ3) is 4.07. The fraction of sp³-hybridized carbons (Fsp3) is 0.111. The molecule has 0 aliphatic carbocycles. The minimum Gasteiger partial charge on any atom is -0.366 e. The van der Waals surface area contributed by atoms with E-state index in [0.717, 1.165) is 0 Å². The molecule has 3 heteroatoms. The standard InChI is InChI=1S/C7H7NO.C2H3N/c8-7(9)6-4-2-1-3-5-6;1-2-3/h1-5H,(H2,8,9);1H3. The van der Waals surface area contributed by atoms with E-state index >= 15 is 0 Å². The highest BCUT2D eigenvalue weighted by Gasteiger charge is 1.93. The summed E-state index contributed by atoms with van der Waals surface area (Å²) in [5.41, 5.74) is 5.53. The highest BCUT2D eigenvalue weighted by Crippen LogP contribution is 1.94. The molecule has 0 aliphatic heterocycles. The number of nitriles is 1. The average Bonchev–Trinajstić information content (AvgIpc) is 2.07. The molecule has 1 aromatic rings. The van der Waals surface area contributed by atoms with Crippen LogP contribution in [0.3, 0.4) is 0 Å². The molecule has 0 atom stereocenters. The first-order chi connectivity index (χ1) is 5.72. The first kappa shape index (κ1) is 10.2. The molecule has 0 aliphatic rings. The van der Waals surface area contributed by atoms with Gasteiger partial charge in [-0.3, -0.25) is 4.79 Å². The fourth-order valence-corrected chi connectivity index (χ4v) is 0.602. The van der Waals surface area contributed by atoms with Gasteiger partial charge in [0.25, 0.3) is 0 Å². The average molecular weight is 162 g/mol. The zero-order valence-electron chi connectivity index (χ0n) is 6.82. The van der Waals surface area contributed by atoms with Crippen molar-refractivity contribution in [3.8, 4) is 6.07 Å². The SMILES string of the molecule is CC#N.NC(=O)c1ccccc1. The summed E-state index contributed by atoms with van der Waals surface area (Å²) in [6.45, 7) is 1.43. The molecular formula is C9H10N2O. The summed E-state index contributed by atoms with van der Waals surface area (Å²) in [5.74, 6) is -0.379. The Balaban J connectivity index is 0.000000354. The molecule has 1 amide bonds. The van der Waals surface area contributed by atoms with Gasteiger partial charge in [-0.25, -0.2) is 0 Å². The highest BCUT2D eigenvalue weighted by molar-refractivity contribution is 5.92. The van der Waals surface area contributed by atoms with Crippen LogP contribution in [0.4, 0.5) is 0 Å². The normalized spacial score (nSPS) is 7.33. The molecule has 0 saturated heterocycles. The van der Waals surface area contributed by atoms with Gasteiger partial charge in [-0.05, 0) is 12.1 Å². The van der Waals surface area contributed by atoms with Gasteiger partial charge in [0.15, 0.2) is 0 Å². The minimum atomic E-state index is -0.379. The van der Waals surface area contributed by atoms with Gasteiger partial charge in [0.1, 0.15) is 0 Å². The number of hydrogen-bond donors (Lipinski definition) is 1. The summed E-state index contributed by atoms with van der Waals surface area (Å²) >= 11 is 0. The summed E-state index contributed by atoms with van der Waals surface area (Å²) in [5, 5.41) is 7.32. The lowest BCUT2D eigenvalue weighted by molar-refractivity contribution is 0.100. The maximum atomic E-state index is 10.4. The molecule has 1 rings (SSSR count). The van der Waals surface area contributed by atoms with Crippen molar-refractivity contribution in [1.29, 1.82) is 5.26 Å². The summed E-state index contributed by atoms with van der Waals surface area (Å²) < 4.78 is 0. The van der Waals surface area contributed by atoms with Crippen molar-refractivity contribution in [2.75, 3.05) is 0 Å². The van der Waals surface area contributed by atoms with Gasteiger partial charge in [-0.1, -0.05) is 18.2 Å². The summed E-state index contributed by atoms with van der Waals surface area (Å²) in [6.07, 6.45) is 0. The van der Waals surface area contributed by atoms with Crippen LogP contribution in [-0.2, 0) is 0 Å². The number of carbonyl (C=O) groups excluding carboxylic acids is 1. The predicted octanol–water partition coefficient (Wildman–Crippen LogP) is 1.32. The first-order valence-electron chi connectivity index (χ1n) is 3.38. The minimum absolute atomic E-state index is 0.379. The Morgan fingerprint density at radius 1 is 1.42 bits per heavy atom. The molecule has 12 heavy (non-hydrogen) atoms. The van der Waals surface area contributed by atoms with Crippen LogP contribution >= 0.6 is 0 Å².